The lowest BCUT2D eigenvalue weighted by molar-refractivity contribution is 0.206. The van der Waals surface area contributed by atoms with Gasteiger partial charge in [0.05, 0.1) is 25.9 Å². The first-order chi connectivity index (χ1) is 12.1. The fourth-order valence-electron chi connectivity index (χ4n) is 3.18. The Bertz CT molecular complexity index is 766. The van der Waals surface area contributed by atoms with Crippen molar-refractivity contribution < 1.29 is 18.7 Å². The lowest BCUT2D eigenvalue weighted by Crippen LogP contribution is -2.34. The number of hydrogen-bond donors (Lipinski definition) is 1. The van der Waals surface area contributed by atoms with Crippen molar-refractivity contribution in [1.29, 1.82) is 0 Å². The maximum Gasteiger partial charge on any atom is 0.322 e. The summed E-state index contributed by atoms with van der Waals surface area (Å²) < 4.78 is 24.6. The predicted octanol–water partition coefficient (Wildman–Crippen LogP) is 4.21. The second kappa shape index (κ2) is 7.42. The minimum Gasteiger partial charge on any atom is -0.497 e. The molecule has 2 amide bonds. The third-order valence-electron chi connectivity index (χ3n) is 4.42. The van der Waals surface area contributed by atoms with Crippen LogP contribution in [0.4, 0.5) is 14.9 Å². The SMILES string of the molecule is COc1ccc(OC)c(C2CCCN2C(=O)Nc2ccccc2F)c1. The molecule has 0 spiro atoms. The van der Waals surface area contributed by atoms with Gasteiger partial charge in [0.1, 0.15) is 17.3 Å². The first-order valence-electron chi connectivity index (χ1n) is 8.18. The zero-order valence-electron chi connectivity index (χ0n) is 14.3. The van der Waals surface area contributed by atoms with E-state index in [1.807, 2.05) is 18.2 Å². The van der Waals surface area contributed by atoms with Crippen molar-refractivity contribution in [3.05, 3.63) is 53.8 Å². The van der Waals surface area contributed by atoms with Gasteiger partial charge in [0.2, 0.25) is 0 Å². The average molecular weight is 344 g/mol. The van der Waals surface area contributed by atoms with Gasteiger partial charge in [-0.25, -0.2) is 9.18 Å². The van der Waals surface area contributed by atoms with Gasteiger partial charge in [-0.1, -0.05) is 12.1 Å². The first-order valence-corrected chi connectivity index (χ1v) is 8.18. The highest BCUT2D eigenvalue weighted by atomic mass is 19.1. The van der Waals surface area contributed by atoms with Crippen molar-refractivity contribution in [2.75, 3.05) is 26.1 Å². The van der Waals surface area contributed by atoms with Crippen molar-refractivity contribution >= 4 is 11.7 Å². The van der Waals surface area contributed by atoms with E-state index < -0.39 is 5.82 Å². The van der Waals surface area contributed by atoms with Crippen LogP contribution in [-0.2, 0) is 0 Å². The van der Waals surface area contributed by atoms with Crippen LogP contribution in [0.2, 0.25) is 0 Å². The molecule has 1 unspecified atom stereocenters. The van der Waals surface area contributed by atoms with E-state index in [0.29, 0.717) is 18.0 Å². The molecule has 0 saturated carbocycles. The predicted molar refractivity (Wildman–Crippen MR) is 93.6 cm³/mol. The molecule has 1 N–H and O–H groups in total. The molecule has 132 valence electrons. The molecule has 1 saturated heterocycles. The second-order valence-electron chi connectivity index (χ2n) is 5.87. The third-order valence-corrected chi connectivity index (χ3v) is 4.42. The Balaban J connectivity index is 1.85. The van der Waals surface area contributed by atoms with Crippen LogP contribution in [0, 0.1) is 5.82 Å². The van der Waals surface area contributed by atoms with Crippen LogP contribution in [0.5, 0.6) is 11.5 Å². The fraction of sp³-hybridized carbons (Fsp3) is 0.316. The Kier molecular flexibility index (Phi) is 5.07. The number of para-hydroxylation sites is 1. The number of urea groups is 1. The summed E-state index contributed by atoms with van der Waals surface area (Å²) in [6, 6.07) is 11.2. The molecule has 1 atom stereocenters. The summed E-state index contributed by atoms with van der Waals surface area (Å²) in [5.74, 6) is 0.958. The van der Waals surface area contributed by atoms with Crippen molar-refractivity contribution in [3.8, 4) is 11.5 Å². The van der Waals surface area contributed by atoms with Gasteiger partial charge in [-0.3, -0.25) is 0 Å². The van der Waals surface area contributed by atoms with E-state index in [4.69, 9.17) is 9.47 Å². The maximum absolute atomic E-state index is 13.8. The van der Waals surface area contributed by atoms with Gasteiger partial charge in [0, 0.05) is 12.1 Å². The van der Waals surface area contributed by atoms with Crippen molar-refractivity contribution in [1.82, 2.24) is 4.90 Å². The standard InChI is InChI=1S/C19H21FN2O3/c1-24-13-9-10-18(25-2)14(12-13)17-8-5-11-22(17)19(23)21-16-7-4-3-6-15(16)20/h3-4,6-7,9-10,12,17H,5,8,11H2,1-2H3,(H,21,23). The maximum atomic E-state index is 13.8. The van der Waals surface area contributed by atoms with Crippen LogP contribution >= 0.6 is 0 Å². The van der Waals surface area contributed by atoms with E-state index in [9.17, 15) is 9.18 Å². The van der Waals surface area contributed by atoms with Gasteiger partial charge in [-0.2, -0.15) is 0 Å². The molecular weight excluding hydrogens is 323 g/mol. The zero-order chi connectivity index (χ0) is 17.8. The monoisotopic (exact) mass is 344 g/mol. The zero-order valence-corrected chi connectivity index (χ0v) is 14.3. The van der Waals surface area contributed by atoms with Gasteiger partial charge in [0.25, 0.3) is 0 Å². The van der Waals surface area contributed by atoms with Crippen molar-refractivity contribution in [2.24, 2.45) is 0 Å². The number of carbonyl (C=O) groups is 1. The molecule has 1 heterocycles. The Morgan fingerprint density at radius 2 is 2.00 bits per heavy atom. The topological polar surface area (TPSA) is 50.8 Å². The summed E-state index contributed by atoms with van der Waals surface area (Å²) in [5.41, 5.74) is 1.07. The number of hydrogen-bond acceptors (Lipinski definition) is 3. The molecule has 5 nitrogen and oxygen atoms in total. The highest BCUT2D eigenvalue weighted by Crippen LogP contribution is 2.39. The average Bonchev–Trinajstić information content (AvgIpc) is 3.12. The molecule has 0 bridgehead atoms. The Hall–Kier alpha value is -2.76. The summed E-state index contributed by atoms with van der Waals surface area (Å²) in [4.78, 5) is 14.4. The van der Waals surface area contributed by atoms with Gasteiger partial charge in [-0.15, -0.1) is 0 Å². The summed E-state index contributed by atoms with van der Waals surface area (Å²) in [7, 11) is 3.20. The summed E-state index contributed by atoms with van der Waals surface area (Å²) in [5, 5.41) is 2.66. The molecule has 0 radical (unpaired) electrons. The fourth-order valence-corrected chi connectivity index (χ4v) is 3.18. The Morgan fingerprint density at radius 1 is 1.20 bits per heavy atom. The largest absolute Gasteiger partial charge is 0.497 e. The van der Waals surface area contributed by atoms with Crippen LogP contribution < -0.4 is 14.8 Å². The molecule has 2 aromatic rings. The molecule has 1 aliphatic rings. The van der Waals surface area contributed by atoms with E-state index in [-0.39, 0.29) is 17.8 Å². The van der Waals surface area contributed by atoms with E-state index in [1.54, 1.807) is 37.3 Å². The van der Waals surface area contributed by atoms with Gasteiger partial charge in [0.15, 0.2) is 0 Å². The smallest absolute Gasteiger partial charge is 0.322 e. The Labute approximate surface area is 146 Å². The van der Waals surface area contributed by atoms with E-state index in [1.165, 1.54) is 6.07 Å². The minimum atomic E-state index is -0.453. The van der Waals surface area contributed by atoms with E-state index in [0.717, 1.165) is 18.4 Å². The number of benzene rings is 2. The lowest BCUT2D eigenvalue weighted by Gasteiger charge is -2.27. The number of ether oxygens (including phenoxy) is 2. The van der Waals surface area contributed by atoms with Gasteiger partial charge in [-0.05, 0) is 43.2 Å². The van der Waals surface area contributed by atoms with E-state index in [2.05, 4.69) is 5.32 Å². The van der Waals surface area contributed by atoms with Crippen LogP contribution in [0.3, 0.4) is 0 Å². The van der Waals surface area contributed by atoms with Crippen LogP contribution in [0.15, 0.2) is 42.5 Å². The molecule has 2 aromatic carbocycles. The highest BCUT2D eigenvalue weighted by Gasteiger charge is 2.32. The number of rotatable bonds is 4. The number of carbonyl (C=O) groups excluding carboxylic acids is 1. The number of likely N-dealkylation sites (tertiary alicyclic amines) is 1. The summed E-state index contributed by atoms with van der Waals surface area (Å²) >= 11 is 0. The third kappa shape index (κ3) is 3.52. The van der Waals surface area contributed by atoms with Crippen LogP contribution in [-0.4, -0.2) is 31.7 Å². The summed E-state index contributed by atoms with van der Waals surface area (Å²) in [6.07, 6.45) is 1.68. The molecular formula is C19H21FN2O3. The quantitative estimate of drug-likeness (QED) is 0.904. The lowest BCUT2D eigenvalue weighted by atomic mass is 10.0. The first kappa shape index (κ1) is 17.1. The van der Waals surface area contributed by atoms with E-state index >= 15 is 0 Å². The Morgan fingerprint density at radius 3 is 2.72 bits per heavy atom. The second-order valence-corrected chi connectivity index (χ2v) is 5.87. The minimum absolute atomic E-state index is 0.142. The van der Waals surface area contributed by atoms with Crippen LogP contribution in [0.1, 0.15) is 24.4 Å². The van der Waals surface area contributed by atoms with Crippen LogP contribution in [0.25, 0.3) is 0 Å². The molecule has 0 aliphatic carbocycles. The molecule has 1 aliphatic heterocycles. The van der Waals surface area contributed by atoms with Crippen molar-refractivity contribution in [2.45, 2.75) is 18.9 Å². The number of amides is 2. The highest BCUT2D eigenvalue weighted by molar-refractivity contribution is 5.90. The molecule has 1 fully saturated rings. The van der Waals surface area contributed by atoms with Gasteiger partial charge >= 0.3 is 6.03 Å². The molecule has 3 rings (SSSR count). The number of anilines is 1. The molecule has 25 heavy (non-hydrogen) atoms. The van der Waals surface area contributed by atoms with Crippen molar-refractivity contribution in [3.63, 3.8) is 0 Å². The summed E-state index contributed by atoms with van der Waals surface area (Å²) in [6.45, 7) is 0.602. The number of nitrogens with zero attached hydrogens (tertiary/aromatic N) is 1. The number of nitrogens with one attached hydrogen (secondary N) is 1. The van der Waals surface area contributed by atoms with Gasteiger partial charge < -0.3 is 19.7 Å². The number of halogens is 1. The molecule has 6 heteroatoms. The number of methoxy groups -OCH3 is 2. The normalized spacial score (nSPS) is 16.6. The molecule has 0 aromatic heterocycles.